The number of hydrogen-bond donors (Lipinski definition) is 0. The standard InChI is InChI=1S/C21H32N2O/c1-17(2)11-14-22-12-6-13-23(16-15-22)20(24)18-7-9-19(10-8-18)21(3,4)5/h7-11H,6,12-16H2,1-5H3. The van der Waals surface area contributed by atoms with E-state index in [9.17, 15) is 4.79 Å². The molecule has 24 heavy (non-hydrogen) atoms. The van der Waals surface area contributed by atoms with Crippen LogP contribution in [-0.4, -0.2) is 48.4 Å². The summed E-state index contributed by atoms with van der Waals surface area (Å²) < 4.78 is 0. The maximum Gasteiger partial charge on any atom is 0.253 e. The number of carbonyl (C=O) groups excluding carboxylic acids is 1. The van der Waals surface area contributed by atoms with Crippen molar-refractivity contribution >= 4 is 5.91 Å². The van der Waals surface area contributed by atoms with Crippen molar-refractivity contribution in [2.75, 3.05) is 32.7 Å². The second-order valence-corrected chi connectivity index (χ2v) is 8.06. The first-order valence-electron chi connectivity index (χ1n) is 9.03. The number of allylic oxidation sites excluding steroid dienone is 1. The Balaban J connectivity index is 1.98. The predicted octanol–water partition coefficient (Wildman–Crippen LogP) is 4.10. The van der Waals surface area contributed by atoms with E-state index in [2.05, 4.69) is 57.7 Å². The Kier molecular flexibility index (Phi) is 6.22. The molecule has 1 aliphatic rings. The minimum atomic E-state index is 0.121. The number of carbonyl (C=O) groups is 1. The van der Waals surface area contributed by atoms with Gasteiger partial charge in [0.2, 0.25) is 0 Å². The van der Waals surface area contributed by atoms with Gasteiger partial charge in [-0.2, -0.15) is 0 Å². The van der Waals surface area contributed by atoms with Crippen LogP contribution in [0.4, 0.5) is 0 Å². The van der Waals surface area contributed by atoms with Gasteiger partial charge in [0.05, 0.1) is 0 Å². The summed E-state index contributed by atoms with van der Waals surface area (Å²) in [6.07, 6.45) is 3.31. The van der Waals surface area contributed by atoms with Crippen LogP contribution in [0.5, 0.6) is 0 Å². The van der Waals surface area contributed by atoms with Crippen LogP contribution in [0.2, 0.25) is 0 Å². The largest absolute Gasteiger partial charge is 0.337 e. The van der Waals surface area contributed by atoms with Crippen LogP contribution in [-0.2, 0) is 5.41 Å². The Morgan fingerprint density at radius 1 is 1.04 bits per heavy atom. The average molecular weight is 329 g/mol. The Morgan fingerprint density at radius 3 is 2.29 bits per heavy atom. The molecular weight excluding hydrogens is 296 g/mol. The van der Waals surface area contributed by atoms with Crippen molar-refractivity contribution in [1.82, 2.24) is 9.80 Å². The van der Waals surface area contributed by atoms with E-state index in [1.54, 1.807) is 0 Å². The predicted molar refractivity (Wildman–Crippen MR) is 102 cm³/mol. The minimum absolute atomic E-state index is 0.121. The molecule has 0 aromatic heterocycles. The van der Waals surface area contributed by atoms with Crippen molar-refractivity contribution in [3.63, 3.8) is 0 Å². The molecule has 1 amide bonds. The molecule has 0 unspecified atom stereocenters. The molecule has 132 valence electrons. The van der Waals surface area contributed by atoms with E-state index in [4.69, 9.17) is 0 Å². The van der Waals surface area contributed by atoms with E-state index in [1.807, 2.05) is 17.0 Å². The normalized spacial score (nSPS) is 16.6. The summed E-state index contributed by atoms with van der Waals surface area (Å²) in [6, 6.07) is 8.14. The molecule has 1 aliphatic heterocycles. The van der Waals surface area contributed by atoms with Crippen LogP contribution < -0.4 is 0 Å². The summed E-state index contributed by atoms with van der Waals surface area (Å²) >= 11 is 0. The Morgan fingerprint density at radius 2 is 1.71 bits per heavy atom. The zero-order chi connectivity index (χ0) is 17.7. The maximum absolute atomic E-state index is 12.8. The zero-order valence-corrected chi connectivity index (χ0v) is 15.9. The van der Waals surface area contributed by atoms with Gasteiger partial charge in [-0.1, -0.05) is 44.6 Å². The molecule has 0 aliphatic carbocycles. The molecule has 1 aromatic carbocycles. The second kappa shape index (κ2) is 7.98. The van der Waals surface area contributed by atoms with Crippen LogP contribution in [0.1, 0.15) is 57.0 Å². The molecule has 2 rings (SSSR count). The third-order valence-corrected chi connectivity index (χ3v) is 4.63. The molecule has 0 atom stereocenters. The Labute approximate surface area is 147 Å². The van der Waals surface area contributed by atoms with E-state index in [0.717, 1.165) is 44.7 Å². The van der Waals surface area contributed by atoms with Crippen LogP contribution in [0, 0.1) is 0 Å². The SMILES string of the molecule is CC(C)=CCN1CCCN(C(=O)c2ccc(C(C)(C)C)cc2)CC1. The molecule has 1 saturated heterocycles. The summed E-state index contributed by atoms with van der Waals surface area (Å²) in [5.41, 5.74) is 3.55. The highest BCUT2D eigenvalue weighted by atomic mass is 16.2. The van der Waals surface area contributed by atoms with E-state index < -0.39 is 0 Å². The molecule has 3 heteroatoms. The highest BCUT2D eigenvalue weighted by Gasteiger charge is 2.20. The average Bonchev–Trinajstić information content (AvgIpc) is 2.77. The fraction of sp³-hybridized carbons (Fsp3) is 0.571. The lowest BCUT2D eigenvalue weighted by Gasteiger charge is -2.23. The number of hydrogen-bond acceptors (Lipinski definition) is 2. The first kappa shape index (κ1) is 18.7. The zero-order valence-electron chi connectivity index (χ0n) is 15.9. The summed E-state index contributed by atoms with van der Waals surface area (Å²) in [6.45, 7) is 15.5. The molecule has 1 aromatic rings. The van der Waals surface area contributed by atoms with Gasteiger partial charge in [-0.05, 0) is 43.4 Å². The van der Waals surface area contributed by atoms with Gasteiger partial charge in [-0.3, -0.25) is 9.69 Å². The lowest BCUT2D eigenvalue weighted by Crippen LogP contribution is -2.35. The topological polar surface area (TPSA) is 23.6 Å². The summed E-state index contributed by atoms with van der Waals surface area (Å²) in [5, 5.41) is 0. The molecule has 1 heterocycles. The van der Waals surface area contributed by atoms with E-state index >= 15 is 0 Å². The van der Waals surface area contributed by atoms with Crippen LogP contribution >= 0.6 is 0 Å². The summed E-state index contributed by atoms with van der Waals surface area (Å²) in [4.78, 5) is 17.2. The maximum atomic E-state index is 12.8. The van der Waals surface area contributed by atoms with Crippen molar-refractivity contribution in [3.05, 3.63) is 47.0 Å². The van der Waals surface area contributed by atoms with Crippen molar-refractivity contribution in [3.8, 4) is 0 Å². The lowest BCUT2D eigenvalue weighted by atomic mass is 9.86. The molecular formula is C21H32N2O. The first-order valence-corrected chi connectivity index (χ1v) is 9.03. The van der Waals surface area contributed by atoms with Gasteiger partial charge in [0.1, 0.15) is 0 Å². The van der Waals surface area contributed by atoms with Crippen molar-refractivity contribution < 1.29 is 4.79 Å². The van der Waals surface area contributed by atoms with E-state index in [-0.39, 0.29) is 11.3 Å². The number of nitrogens with zero attached hydrogens (tertiary/aromatic N) is 2. The molecule has 0 spiro atoms. The molecule has 0 N–H and O–H groups in total. The van der Waals surface area contributed by atoms with Gasteiger partial charge in [0, 0.05) is 38.3 Å². The van der Waals surface area contributed by atoms with Gasteiger partial charge in [0.15, 0.2) is 0 Å². The third kappa shape index (κ3) is 5.20. The highest BCUT2D eigenvalue weighted by molar-refractivity contribution is 5.94. The van der Waals surface area contributed by atoms with Gasteiger partial charge >= 0.3 is 0 Å². The van der Waals surface area contributed by atoms with Crippen molar-refractivity contribution in [2.45, 2.75) is 46.5 Å². The number of amides is 1. The van der Waals surface area contributed by atoms with Crippen molar-refractivity contribution in [2.24, 2.45) is 0 Å². The number of benzene rings is 1. The second-order valence-electron chi connectivity index (χ2n) is 8.06. The number of rotatable bonds is 3. The molecule has 0 bridgehead atoms. The first-order chi connectivity index (χ1) is 11.3. The molecule has 0 radical (unpaired) electrons. The monoisotopic (exact) mass is 328 g/mol. The highest BCUT2D eigenvalue weighted by Crippen LogP contribution is 2.22. The smallest absolute Gasteiger partial charge is 0.253 e. The van der Waals surface area contributed by atoms with E-state index in [0.29, 0.717) is 0 Å². The molecule has 1 fully saturated rings. The fourth-order valence-electron chi connectivity index (χ4n) is 2.96. The van der Waals surface area contributed by atoms with Crippen molar-refractivity contribution in [1.29, 1.82) is 0 Å². The fourth-order valence-corrected chi connectivity index (χ4v) is 2.96. The third-order valence-electron chi connectivity index (χ3n) is 4.63. The van der Waals surface area contributed by atoms with E-state index in [1.165, 1.54) is 11.1 Å². The summed E-state index contributed by atoms with van der Waals surface area (Å²) in [5.74, 6) is 0.166. The lowest BCUT2D eigenvalue weighted by molar-refractivity contribution is 0.0762. The van der Waals surface area contributed by atoms with Crippen LogP contribution in [0.15, 0.2) is 35.9 Å². The van der Waals surface area contributed by atoms with Crippen LogP contribution in [0.3, 0.4) is 0 Å². The van der Waals surface area contributed by atoms with Gasteiger partial charge < -0.3 is 4.90 Å². The molecule has 0 saturated carbocycles. The molecule has 3 nitrogen and oxygen atoms in total. The Bertz CT molecular complexity index is 577. The van der Waals surface area contributed by atoms with Gasteiger partial charge in [-0.15, -0.1) is 0 Å². The summed E-state index contributed by atoms with van der Waals surface area (Å²) in [7, 11) is 0. The Hall–Kier alpha value is -1.61. The minimum Gasteiger partial charge on any atom is -0.337 e. The van der Waals surface area contributed by atoms with Crippen LogP contribution in [0.25, 0.3) is 0 Å². The van der Waals surface area contributed by atoms with Gasteiger partial charge in [-0.25, -0.2) is 0 Å². The van der Waals surface area contributed by atoms with Gasteiger partial charge in [0.25, 0.3) is 5.91 Å². The quantitative estimate of drug-likeness (QED) is 0.780.